The second-order valence-corrected chi connectivity index (χ2v) is 7.34. The van der Waals surface area contributed by atoms with Crippen molar-refractivity contribution in [3.63, 3.8) is 0 Å². The van der Waals surface area contributed by atoms with Crippen LogP contribution >= 0.6 is 0 Å². The Morgan fingerprint density at radius 1 is 1.21 bits per heavy atom. The smallest absolute Gasteiger partial charge is 0.324 e. The van der Waals surface area contributed by atoms with E-state index in [0.29, 0.717) is 25.3 Å². The first-order valence-electron chi connectivity index (χ1n) is 9.61. The maximum atomic E-state index is 10.2. The number of nitrogens with zero attached hydrogens (tertiary/aromatic N) is 4. The summed E-state index contributed by atoms with van der Waals surface area (Å²) < 4.78 is 5.89. The number of fused-ring (bicyclic) bond motifs is 3. The molecule has 0 radical (unpaired) electrons. The Labute approximate surface area is 168 Å². The van der Waals surface area contributed by atoms with Gasteiger partial charge in [-0.1, -0.05) is 12.1 Å². The monoisotopic (exact) mass is 390 g/mol. The molecule has 8 heteroatoms. The second kappa shape index (κ2) is 6.98. The van der Waals surface area contributed by atoms with Gasteiger partial charge in [0.1, 0.15) is 11.6 Å². The van der Waals surface area contributed by atoms with Gasteiger partial charge in [0.2, 0.25) is 0 Å². The number of nitrogens with one attached hydrogen (secondary N) is 1. The first-order valence-corrected chi connectivity index (χ1v) is 9.61. The largest absolute Gasteiger partial charge is 0.423 e. The first-order chi connectivity index (χ1) is 14.1. The van der Waals surface area contributed by atoms with E-state index in [4.69, 9.17) is 20.4 Å². The third-order valence-corrected chi connectivity index (χ3v) is 5.48. The van der Waals surface area contributed by atoms with Crippen molar-refractivity contribution in [2.24, 2.45) is 5.73 Å². The average Bonchev–Trinajstić information content (AvgIpc) is 3.27. The molecule has 1 fully saturated rings. The van der Waals surface area contributed by atoms with Gasteiger partial charge >= 0.3 is 6.01 Å². The minimum Gasteiger partial charge on any atom is -0.423 e. The number of aliphatic hydroxyl groups excluding tert-OH is 1. The number of ether oxygens (including phenoxy) is 1. The quantitative estimate of drug-likeness (QED) is 0.484. The lowest BCUT2D eigenvalue weighted by atomic mass is 10.1. The van der Waals surface area contributed by atoms with Crippen molar-refractivity contribution in [1.29, 1.82) is 0 Å². The van der Waals surface area contributed by atoms with Crippen molar-refractivity contribution in [1.82, 2.24) is 15.0 Å². The summed E-state index contributed by atoms with van der Waals surface area (Å²) in [5, 5.41) is 13.5. The van der Waals surface area contributed by atoms with E-state index in [9.17, 15) is 5.11 Å². The predicted octanol–water partition coefficient (Wildman–Crippen LogP) is 1.78. The highest BCUT2D eigenvalue weighted by Gasteiger charge is 2.35. The lowest BCUT2D eigenvalue weighted by Gasteiger charge is -2.21. The first kappa shape index (κ1) is 17.8. The van der Waals surface area contributed by atoms with Gasteiger partial charge in [-0.05, 0) is 29.3 Å². The summed E-state index contributed by atoms with van der Waals surface area (Å²) in [6, 6.07) is 9.73. The molecule has 2 unspecified atom stereocenters. The Morgan fingerprint density at radius 3 is 2.83 bits per heavy atom. The molecule has 0 bridgehead atoms. The Bertz CT molecular complexity index is 1050. The molecule has 0 amide bonds. The molecule has 4 N–H and O–H groups in total. The maximum Gasteiger partial charge on any atom is 0.324 e. The predicted molar refractivity (Wildman–Crippen MR) is 110 cm³/mol. The normalized spacial score (nSPS) is 19.8. The molecule has 3 aromatic rings. The lowest BCUT2D eigenvalue weighted by Crippen LogP contribution is -2.32. The van der Waals surface area contributed by atoms with E-state index in [-0.39, 0.29) is 12.1 Å². The molecule has 1 aromatic carbocycles. The molecule has 5 rings (SSSR count). The fourth-order valence-corrected chi connectivity index (χ4v) is 4.06. The third kappa shape index (κ3) is 3.06. The van der Waals surface area contributed by atoms with E-state index < -0.39 is 6.10 Å². The van der Waals surface area contributed by atoms with Gasteiger partial charge in [0, 0.05) is 50.0 Å². The van der Waals surface area contributed by atoms with Crippen LogP contribution in [0.3, 0.4) is 0 Å². The van der Waals surface area contributed by atoms with Crippen LogP contribution in [0.1, 0.15) is 11.3 Å². The number of hydrogen-bond acceptors (Lipinski definition) is 8. The molecule has 0 saturated carbocycles. The Hall–Kier alpha value is -3.23. The van der Waals surface area contributed by atoms with Gasteiger partial charge in [0.15, 0.2) is 0 Å². The SMILES string of the molecule is CNc1cccc2c1Cc1nc(Oc3cccnc3)nc(N3CC(N)C(O)C3)c1-2. The standard InChI is InChI=1S/C21H22N6O2/c1-23-16-6-2-5-13-14(16)8-17-19(13)20(27-10-15(22)18(28)11-27)26-21(25-17)29-12-4-3-7-24-9-12/h2-7,9,15,18,23,28H,8,10-11,22H2,1H3. The van der Waals surface area contributed by atoms with Gasteiger partial charge in [-0.2, -0.15) is 9.97 Å². The zero-order valence-electron chi connectivity index (χ0n) is 16.0. The molecule has 0 spiro atoms. The lowest BCUT2D eigenvalue weighted by molar-refractivity contribution is 0.180. The van der Waals surface area contributed by atoms with Crippen LogP contribution in [0.15, 0.2) is 42.7 Å². The molecule has 8 nitrogen and oxygen atoms in total. The van der Waals surface area contributed by atoms with E-state index in [0.717, 1.165) is 28.3 Å². The highest BCUT2D eigenvalue weighted by Crippen LogP contribution is 2.45. The number of aliphatic hydroxyl groups is 1. The summed E-state index contributed by atoms with van der Waals surface area (Å²) in [5.41, 5.74) is 11.3. The molecule has 1 saturated heterocycles. The summed E-state index contributed by atoms with van der Waals surface area (Å²) in [7, 11) is 1.91. The van der Waals surface area contributed by atoms with Gasteiger partial charge in [-0.25, -0.2) is 0 Å². The zero-order valence-corrected chi connectivity index (χ0v) is 16.0. The summed E-state index contributed by atoms with van der Waals surface area (Å²) >= 11 is 0. The molecule has 3 heterocycles. The molecule has 2 aromatic heterocycles. The second-order valence-electron chi connectivity index (χ2n) is 7.34. The minimum absolute atomic E-state index is 0.264. The van der Waals surface area contributed by atoms with E-state index in [1.54, 1.807) is 18.5 Å². The number of aromatic nitrogens is 3. The number of pyridine rings is 1. The minimum atomic E-state index is -0.590. The molecule has 29 heavy (non-hydrogen) atoms. The summed E-state index contributed by atoms with van der Waals surface area (Å²) in [6.45, 7) is 0.954. The van der Waals surface area contributed by atoms with Crippen LogP contribution < -0.4 is 20.7 Å². The molecule has 2 atom stereocenters. The molecule has 1 aliphatic carbocycles. The van der Waals surface area contributed by atoms with Crippen LogP contribution in [0.4, 0.5) is 11.5 Å². The molecule has 148 valence electrons. The number of benzene rings is 1. The summed E-state index contributed by atoms with van der Waals surface area (Å²) in [5.74, 6) is 1.32. The van der Waals surface area contributed by atoms with Crippen molar-refractivity contribution < 1.29 is 9.84 Å². The van der Waals surface area contributed by atoms with Crippen LogP contribution in [0.25, 0.3) is 11.1 Å². The van der Waals surface area contributed by atoms with Crippen molar-refractivity contribution in [2.75, 3.05) is 30.4 Å². The fraction of sp³-hybridized carbons (Fsp3) is 0.286. The Morgan fingerprint density at radius 2 is 2.10 bits per heavy atom. The van der Waals surface area contributed by atoms with Crippen LogP contribution in [0.5, 0.6) is 11.8 Å². The number of rotatable bonds is 4. The van der Waals surface area contributed by atoms with Crippen LogP contribution in [-0.2, 0) is 6.42 Å². The highest BCUT2D eigenvalue weighted by atomic mass is 16.5. The molecule has 1 aliphatic heterocycles. The van der Waals surface area contributed by atoms with Crippen LogP contribution in [0.2, 0.25) is 0 Å². The number of β-amino-alcohol motifs (C(OH)–C–C–N with tert-alkyl or cyclic N) is 1. The van der Waals surface area contributed by atoms with E-state index in [1.165, 1.54) is 5.56 Å². The van der Waals surface area contributed by atoms with Crippen LogP contribution in [-0.4, -0.2) is 52.3 Å². The van der Waals surface area contributed by atoms with Crippen molar-refractivity contribution in [3.8, 4) is 22.9 Å². The maximum absolute atomic E-state index is 10.2. The van der Waals surface area contributed by atoms with E-state index in [2.05, 4.69) is 22.4 Å². The van der Waals surface area contributed by atoms with Crippen molar-refractivity contribution >= 4 is 11.5 Å². The fourth-order valence-electron chi connectivity index (χ4n) is 4.06. The average molecular weight is 390 g/mol. The number of anilines is 2. The molecular formula is C21H22N6O2. The summed E-state index contributed by atoms with van der Waals surface area (Å²) in [4.78, 5) is 15.5. The van der Waals surface area contributed by atoms with Crippen molar-refractivity contribution in [3.05, 3.63) is 54.0 Å². The molecular weight excluding hydrogens is 368 g/mol. The van der Waals surface area contributed by atoms with Crippen molar-refractivity contribution in [2.45, 2.75) is 18.6 Å². The van der Waals surface area contributed by atoms with Gasteiger partial charge in [-0.15, -0.1) is 0 Å². The number of nitrogens with two attached hydrogens (primary N) is 1. The van der Waals surface area contributed by atoms with Gasteiger partial charge in [-0.3, -0.25) is 4.98 Å². The van der Waals surface area contributed by atoms with E-state index in [1.807, 2.05) is 24.1 Å². The zero-order chi connectivity index (χ0) is 20.0. The van der Waals surface area contributed by atoms with Crippen LogP contribution in [0, 0.1) is 0 Å². The molecule has 2 aliphatic rings. The number of hydrogen-bond donors (Lipinski definition) is 3. The van der Waals surface area contributed by atoms with Gasteiger partial charge in [0.25, 0.3) is 0 Å². The summed E-state index contributed by atoms with van der Waals surface area (Å²) in [6.07, 6.45) is 3.40. The van der Waals surface area contributed by atoms with Gasteiger partial charge < -0.3 is 25.8 Å². The van der Waals surface area contributed by atoms with Gasteiger partial charge in [0.05, 0.1) is 18.0 Å². The third-order valence-electron chi connectivity index (χ3n) is 5.48. The highest BCUT2D eigenvalue weighted by molar-refractivity contribution is 5.88. The Balaban J connectivity index is 1.63. The Kier molecular flexibility index (Phi) is 4.30. The topological polar surface area (TPSA) is 109 Å². The van der Waals surface area contributed by atoms with E-state index >= 15 is 0 Å².